The van der Waals surface area contributed by atoms with Gasteiger partial charge in [0, 0.05) is 19.5 Å². The van der Waals surface area contributed by atoms with Crippen LogP contribution in [0.1, 0.15) is 33.1 Å². The maximum atomic E-state index is 12.0. The number of hydrogen-bond donors (Lipinski definition) is 2. The molecule has 0 bridgehead atoms. The maximum Gasteiger partial charge on any atom is 0.245 e. The SMILES string of the molecule is CC(=O)NC(C)C(=O)N(CCO)C1CCC1. The minimum absolute atomic E-state index is 0.0327. The molecule has 0 aromatic carbocycles. The molecule has 0 saturated heterocycles. The van der Waals surface area contributed by atoms with Crippen molar-refractivity contribution in [1.29, 1.82) is 0 Å². The van der Waals surface area contributed by atoms with Gasteiger partial charge in [0.2, 0.25) is 11.8 Å². The number of amides is 2. The summed E-state index contributed by atoms with van der Waals surface area (Å²) in [7, 11) is 0. The number of aliphatic hydroxyl groups excluding tert-OH is 1. The summed E-state index contributed by atoms with van der Waals surface area (Å²) in [4.78, 5) is 24.5. The van der Waals surface area contributed by atoms with E-state index in [4.69, 9.17) is 5.11 Å². The topological polar surface area (TPSA) is 69.6 Å². The largest absolute Gasteiger partial charge is 0.395 e. The Morgan fingerprint density at radius 3 is 2.50 bits per heavy atom. The molecule has 1 aliphatic carbocycles. The van der Waals surface area contributed by atoms with Gasteiger partial charge in [-0.1, -0.05) is 0 Å². The number of nitrogens with zero attached hydrogens (tertiary/aromatic N) is 1. The van der Waals surface area contributed by atoms with Crippen molar-refractivity contribution >= 4 is 11.8 Å². The van der Waals surface area contributed by atoms with Gasteiger partial charge in [-0.2, -0.15) is 0 Å². The number of aliphatic hydroxyl groups is 1. The van der Waals surface area contributed by atoms with E-state index >= 15 is 0 Å². The van der Waals surface area contributed by atoms with Crippen molar-refractivity contribution < 1.29 is 14.7 Å². The van der Waals surface area contributed by atoms with Gasteiger partial charge in [-0.05, 0) is 26.2 Å². The van der Waals surface area contributed by atoms with E-state index in [0.29, 0.717) is 6.54 Å². The molecule has 2 amide bonds. The third kappa shape index (κ3) is 3.20. The third-order valence-corrected chi connectivity index (χ3v) is 2.93. The first kappa shape index (κ1) is 13.0. The number of carbonyl (C=O) groups is 2. The summed E-state index contributed by atoms with van der Waals surface area (Å²) in [5.41, 5.74) is 0. The summed E-state index contributed by atoms with van der Waals surface area (Å²) in [5.74, 6) is -0.313. The second-order valence-corrected chi connectivity index (χ2v) is 4.26. The standard InChI is InChI=1S/C11H20N2O3/c1-8(12-9(2)15)11(16)13(6-7-14)10-4-3-5-10/h8,10,14H,3-7H2,1-2H3,(H,12,15). The molecule has 1 saturated carbocycles. The van der Waals surface area contributed by atoms with E-state index in [1.807, 2.05) is 0 Å². The van der Waals surface area contributed by atoms with Crippen LogP contribution in [0.15, 0.2) is 0 Å². The van der Waals surface area contributed by atoms with Crippen LogP contribution in [0.5, 0.6) is 0 Å². The van der Waals surface area contributed by atoms with Crippen molar-refractivity contribution in [3.05, 3.63) is 0 Å². The van der Waals surface area contributed by atoms with Crippen LogP contribution >= 0.6 is 0 Å². The Labute approximate surface area is 95.8 Å². The molecular weight excluding hydrogens is 208 g/mol. The van der Waals surface area contributed by atoms with Gasteiger partial charge < -0.3 is 15.3 Å². The Morgan fingerprint density at radius 2 is 2.12 bits per heavy atom. The fourth-order valence-corrected chi connectivity index (χ4v) is 1.89. The Hall–Kier alpha value is -1.10. The molecule has 0 aliphatic heterocycles. The minimum atomic E-state index is -0.510. The van der Waals surface area contributed by atoms with Gasteiger partial charge >= 0.3 is 0 Å². The van der Waals surface area contributed by atoms with Gasteiger partial charge in [-0.3, -0.25) is 9.59 Å². The van der Waals surface area contributed by atoms with Crippen molar-refractivity contribution in [2.45, 2.75) is 45.2 Å². The first-order valence-electron chi connectivity index (χ1n) is 5.74. The minimum Gasteiger partial charge on any atom is -0.395 e. The molecule has 0 radical (unpaired) electrons. The van der Waals surface area contributed by atoms with Crippen molar-refractivity contribution in [3.63, 3.8) is 0 Å². The van der Waals surface area contributed by atoms with E-state index in [-0.39, 0.29) is 24.5 Å². The van der Waals surface area contributed by atoms with Crippen LogP contribution in [0, 0.1) is 0 Å². The van der Waals surface area contributed by atoms with E-state index in [1.54, 1.807) is 11.8 Å². The zero-order valence-corrected chi connectivity index (χ0v) is 9.90. The molecule has 0 aromatic heterocycles. The average Bonchev–Trinajstić information content (AvgIpc) is 2.12. The van der Waals surface area contributed by atoms with Crippen LogP contribution < -0.4 is 5.32 Å². The van der Waals surface area contributed by atoms with Gasteiger partial charge in [-0.15, -0.1) is 0 Å². The molecule has 0 heterocycles. The highest BCUT2D eigenvalue weighted by Crippen LogP contribution is 2.25. The van der Waals surface area contributed by atoms with Crippen molar-refractivity contribution in [3.8, 4) is 0 Å². The van der Waals surface area contributed by atoms with E-state index in [1.165, 1.54) is 6.92 Å². The molecule has 1 aliphatic rings. The summed E-state index contributed by atoms with van der Waals surface area (Å²) >= 11 is 0. The predicted octanol–water partition coefficient (Wildman–Crippen LogP) is -0.116. The molecule has 2 N–H and O–H groups in total. The van der Waals surface area contributed by atoms with Crippen LogP contribution in [-0.4, -0.2) is 47.1 Å². The normalized spacial score (nSPS) is 17.4. The Kier molecular flexibility index (Phi) is 4.73. The van der Waals surface area contributed by atoms with Gasteiger partial charge in [0.25, 0.3) is 0 Å². The summed E-state index contributed by atoms with van der Waals surface area (Å²) < 4.78 is 0. The second kappa shape index (κ2) is 5.84. The fraction of sp³-hybridized carbons (Fsp3) is 0.818. The first-order chi connectivity index (χ1) is 7.56. The summed E-state index contributed by atoms with van der Waals surface area (Å²) in [5, 5.41) is 11.5. The molecule has 1 fully saturated rings. The van der Waals surface area contributed by atoms with Crippen LogP contribution in [0.4, 0.5) is 0 Å². The second-order valence-electron chi connectivity index (χ2n) is 4.26. The number of carbonyl (C=O) groups excluding carboxylic acids is 2. The highest BCUT2D eigenvalue weighted by molar-refractivity contribution is 5.86. The van der Waals surface area contributed by atoms with Crippen LogP contribution in [0.2, 0.25) is 0 Å². The number of nitrogens with one attached hydrogen (secondary N) is 1. The lowest BCUT2D eigenvalue weighted by Gasteiger charge is -2.38. The van der Waals surface area contributed by atoms with Crippen molar-refractivity contribution in [2.75, 3.05) is 13.2 Å². The maximum absolute atomic E-state index is 12.0. The molecule has 1 rings (SSSR count). The average molecular weight is 228 g/mol. The van der Waals surface area contributed by atoms with Gasteiger partial charge in [0.1, 0.15) is 6.04 Å². The van der Waals surface area contributed by atoms with E-state index in [2.05, 4.69) is 5.32 Å². The Morgan fingerprint density at radius 1 is 1.50 bits per heavy atom. The monoisotopic (exact) mass is 228 g/mol. The Bertz CT molecular complexity index is 264. The smallest absolute Gasteiger partial charge is 0.245 e. The van der Waals surface area contributed by atoms with Crippen molar-refractivity contribution in [1.82, 2.24) is 10.2 Å². The zero-order chi connectivity index (χ0) is 12.1. The van der Waals surface area contributed by atoms with Crippen molar-refractivity contribution in [2.24, 2.45) is 0 Å². The molecule has 5 nitrogen and oxygen atoms in total. The molecule has 92 valence electrons. The van der Waals surface area contributed by atoms with Crippen LogP contribution in [0.3, 0.4) is 0 Å². The summed E-state index contributed by atoms with van der Waals surface area (Å²) in [6.45, 7) is 3.39. The van der Waals surface area contributed by atoms with Crippen LogP contribution in [-0.2, 0) is 9.59 Å². The lowest BCUT2D eigenvalue weighted by molar-refractivity contribution is -0.139. The molecule has 0 aromatic rings. The lowest BCUT2D eigenvalue weighted by atomic mass is 9.91. The first-order valence-corrected chi connectivity index (χ1v) is 5.74. The van der Waals surface area contributed by atoms with Crippen LogP contribution in [0.25, 0.3) is 0 Å². The quantitative estimate of drug-likeness (QED) is 0.689. The molecule has 1 atom stereocenters. The van der Waals surface area contributed by atoms with Gasteiger partial charge in [0.05, 0.1) is 6.61 Å². The van der Waals surface area contributed by atoms with Gasteiger partial charge in [0.15, 0.2) is 0 Å². The summed E-state index contributed by atoms with van der Waals surface area (Å²) in [6.07, 6.45) is 3.13. The lowest BCUT2D eigenvalue weighted by Crippen LogP contribution is -2.53. The number of hydrogen-bond acceptors (Lipinski definition) is 3. The number of rotatable bonds is 5. The molecule has 0 spiro atoms. The molecular formula is C11H20N2O3. The molecule has 1 unspecified atom stereocenters. The molecule has 5 heteroatoms. The highest BCUT2D eigenvalue weighted by Gasteiger charge is 2.30. The highest BCUT2D eigenvalue weighted by atomic mass is 16.3. The molecule has 16 heavy (non-hydrogen) atoms. The van der Waals surface area contributed by atoms with E-state index < -0.39 is 6.04 Å². The van der Waals surface area contributed by atoms with Gasteiger partial charge in [-0.25, -0.2) is 0 Å². The van der Waals surface area contributed by atoms with E-state index in [9.17, 15) is 9.59 Å². The fourth-order valence-electron chi connectivity index (χ4n) is 1.89. The summed E-state index contributed by atoms with van der Waals surface area (Å²) in [6, 6.07) is -0.263. The Balaban J connectivity index is 2.54. The zero-order valence-electron chi connectivity index (χ0n) is 9.90. The predicted molar refractivity (Wildman–Crippen MR) is 59.7 cm³/mol. The van der Waals surface area contributed by atoms with E-state index in [0.717, 1.165) is 19.3 Å². The third-order valence-electron chi connectivity index (χ3n) is 2.93.